The van der Waals surface area contributed by atoms with Crippen LogP contribution in [0.1, 0.15) is 22.9 Å². The lowest BCUT2D eigenvalue weighted by atomic mass is 10.0. The topological polar surface area (TPSA) is 37.3 Å². The molecule has 0 fully saturated rings. The average Bonchev–Trinajstić information content (AvgIpc) is 2.08. The molecule has 0 radical (unpaired) electrons. The molecule has 0 aliphatic rings. The molecule has 1 rings (SSSR count). The molecular formula is C10H10Cl2O2. The normalized spacial score (nSPS) is 12.5. The minimum atomic E-state index is -0.913. The van der Waals surface area contributed by atoms with Gasteiger partial charge in [0, 0.05) is 5.02 Å². The standard InChI is InChI=1S/C10H10Cl2O2/c1-6-2-3-7(11)4-8(6)9(12)5-10(13)14/h2-4,9H,5H2,1H3,(H,13,14). The highest BCUT2D eigenvalue weighted by atomic mass is 35.5. The molecule has 1 aromatic rings. The molecular weight excluding hydrogens is 223 g/mol. The molecule has 76 valence electrons. The zero-order valence-electron chi connectivity index (χ0n) is 7.63. The van der Waals surface area contributed by atoms with Gasteiger partial charge in [-0.2, -0.15) is 0 Å². The summed E-state index contributed by atoms with van der Waals surface area (Å²) in [5, 5.41) is 8.64. The van der Waals surface area contributed by atoms with E-state index in [1.54, 1.807) is 12.1 Å². The van der Waals surface area contributed by atoms with Crippen molar-refractivity contribution in [2.45, 2.75) is 18.7 Å². The smallest absolute Gasteiger partial charge is 0.305 e. The molecule has 0 saturated carbocycles. The summed E-state index contributed by atoms with van der Waals surface area (Å²) in [4.78, 5) is 10.5. The maximum atomic E-state index is 10.5. The van der Waals surface area contributed by atoms with E-state index < -0.39 is 11.3 Å². The predicted octanol–water partition coefficient (Wildman–Crippen LogP) is 3.40. The lowest BCUT2D eigenvalue weighted by Gasteiger charge is -2.10. The van der Waals surface area contributed by atoms with E-state index in [9.17, 15) is 4.79 Å². The van der Waals surface area contributed by atoms with Crippen LogP contribution < -0.4 is 0 Å². The van der Waals surface area contributed by atoms with Crippen molar-refractivity contribution >= 4 is 29.2 Å². The molecule has 0 aromatic heterocycles. The van der Waals surface area contributed by atoms with Gasteiger partial charge in [0.05, 0.1) is 11.8 Å². The van der Waals surface area contributed by atoms with Crippen molar-refractivity contribution in [1.29, 1.82) is 0 Å². The predicted molar refractivity (Wildman–Crippen MR) is 57.0 cm³/mol. The Kier molecular flexibility index (Phi) is 3.78. The number of carboxylic acid groups (broad SMARTS) is 1. The second-order valence-electron chi connectivity index (χ2n) is 3.07. The van der Waals surface area contributed by atoms with Crippen LogP contribution in [-0.2, 0) is 4.79 Å². The molecule has 1 atom stereocenters. The van der Waals surface area contributed by atoms with Crippen LogP contribution in [0.2, 0.25) is 5.02 Å². The fourth-order valence-electron chi connectivity index (χ4n) is 1.21. The number of carboxylic acids is 1. The second-order valence-corrected chi connectivity index (χ2v) is 4.03. The van der Waals surface area contributed by atoms with Crippen molar-refractivity contribution in [3.63, 3.8) is 0 Å². The Balaban J connectivity index is 2.93. The number of aryl methyl sites for hydroxylation is 1. The molecule has 0 saturated heterocycles. The number of rotatable bonds is 3. The third-order valence-electron chi connectivity index (χ3n) is 1.93. The van der Waals surface area contributed by atoms with Crippen LogP contribution in [0.3, 0.4) is 0 Å². The van der Waals surface area contributed by atoms with E-state index in [4.69, 9.17) is 28.3 Å². The summed E-state index contributed by atoms with van der Waals surface area (Å²) in [7, 11) is 0. The molecule has 0 bridgehead atoms. The highest BCUT2D eigenvalue weighted by molar-refractivity contribution is 6.30. The first-order valence-corrected chi connectivity index (χ1v) is 4.94. The first-order chi connectivity index (χ1) is 6.50. The number of halogens is 2. The number of benzene rings is 1. The van der Waals surface area contributed by atoms with Crippen LogP contribution in [0, 0.1) is 6.92 Å². The Labute approximate surface area is 92.5 Å². The third-order valence-corrected chi connectivity index (χ3v) is 2.56. The van der Waals surface area contributed by atoms with Gasteiger partial charge in [-0.05, 0) is 30.2 Å². The zero-order valence-corrected chi connectivity index (χ0v) is 9.14. The van der Waals surface area contributed by atoms with Crippen LogP contribution in [0.15, 0.2) is 18.2 Å². The van der Waals surface area contributed by atoms with Gasteiger partial charge in [0.15, 0.2) is 0 Å². The van der Waals surface area contributed by atoms with Crippen molar-refractivity contribution < 1.29 is 9.90 Å². The first kappa shape index (κ1) is 11.3. The highest BCUT2D eigenvalue weighted by Gasteiger charge is 2.14. The van der Waals surface area contributed by atoms with Gasteiger partial charge in [-0.25, -0.2) is 0 Å². The maximum Gasteiger partial charge on any atom is 0.305 e. The van der Waals surface area contributed by atoms with Crippen molar-refractivity contribution in [1.82, 2.24) is 0 Å². The van der Waals surface area contributed by atoms with Crippen LogP contribution >= 0.6 is 23.2 Å². The maximum absolute atomic E-state index is 10.5. The summed E-state index contributed by atoms with van der Waals surface area (Å²) < 4.78 is 0. The monoisotopic (exact) mass is 232 g/mol. The summed E-state index contributed by atoms with van der Waals surface area (Å²) in [6, 6.07) is 5.29. The summed E-state index contributed by atoms with van der Waals surface area (Å²) >= 11 is 11.7. The molecule has 2 nitrogen and oxygen atoms in total. The Morgan fingerprint density at radius 1 is 1.57 bits per heavy atom. The summed E-state index contributed by atoms with van der Waals surface area (Å²) in [6.07, 6.45) is -0.0945. The Morgan fingerprint density at radius 3 is 2.79 bits per heavy atom. The van der Waals surface area contributed by atoms with Crippen molar-refractivity contribution in [2.75, 3.05) is 0 Å². The summed E-state index contributed by atoms with van der Waals surface area (Å²) in [5.41, 5.74) is 1.73. The number of alkyl halides is 1. The van der Waals surface area contributed by atoms with E-state index in [1.807, 2.05) is 13.0 Å². The van der Waals surface area contributed by atoms with E-state index >= 15 is 0 Å². The zero-order chi connectivity index (χ0) is 10.7. The fourth-order valence-corrected chi connectivity index (χ4v) is 1.76. The van der Waals surface area contributed by atoms with Gasteiger partial charge in [-0.1, -0.05) is 17.7 Å². The number of aliphatic carboxylic acids is 1. The molecule has 1 aromatic carbocycles. The number of hydrogen-bond donors (Lipinski definition) is 1. The van der Waals surface area contributed by atoms with Gasteiger partial charge in [-0.3, -0.25) is 4.79 Å². The van der Waals surface area contributed by atoms with Crippen LogP contribution in [0.25, 0.3) is 0 Å². The third kappa shape index (κ3) is 2.89. The van der Waals surface area contributed by atoms with E-state index in [1.165, 1.54) is 0 Å². The van der Waals surface area contributed by atoms with E-state index in [0.717, 1.165) is 11.1 Å². The minimum absolute atomic E-state index is 0.0945. The molecule has 0 amide bonds. The van der Waals surface area contributed by atoms with Gasteiger partial charge in [0.1, 0.15) is 0 Å². The van der Waals surface area contributed by atoms with Gasteiger partial charge in [0.2, 0.25) is 0 Å². The first-order valence-electron chi connectivity index (χ1n) is 4.12. The van der Waals surface area contributed by atoms with Crippen LogP contribution in [0.5, 0.6) is 0 Å². The fraction of sp³-hybridized carbons (Fsp3) is 0.300. The molecule has 14 heavy (non-hydrogen) atoms. The van der Waals surface area contributed by atoms with Crippen LogP contribution in [0.4, 0.5) is 0 Å². The second kappa shape index (κ2) is 4.67. The highest BCUT2D eigenvalue weighted by Crippen LogP contribution is 2.29. The molecule has 1 N–H and O–H groups in total. The SMILES string of the molecule is Cc1ccc(Cl)cc1C(Cl)CC(=O)O. The van der Waals surface area contributed by atoms with Crippen LogP contribution in [-0.4, -0.2) is 11.1 Å². The lowest BCUT2D eigenvalue weighted by molar-refractivity contribution is -0.137. The van der Waals surface area contributed by atoms with E-state index in [-0.39, 0.29) is 6.42 Å². The largest absolute Gasteiger partial charge is 0.481 e. The van der Waals surface area contributed by atoms with Crippen molar-refractivity contribution in [2.24, 2.45) is 0 Å². The molecule has 0 spiro atoms. The van der Waals surface area contributed by atoms with E-state index in [2.05, 4.69) is 0 Å². The molecule has 0 aliphatic carbocycles. The number of carbonyl (C=O) groups is 1. The van der Waals surface area contributed by atoms with Crippen molar-refractivity contribution in [3.8, 4) is 0 Å². The minimum Gasteiger partial charge on any atom is -0.481 e. The van der Waals surface area contributed by atoms with Crippen molar-refractivity contribution in [3.05, 3.63) is 34.3 Å². The molecule has 0 heterocycles. The van der Waals surface area contributed by atoms with Gasteiger partial charge in [0.25, 0.3) is 0 Å². The number of hydrogen-bond acceptors (Lipinski definition) is 1. The summed E-state index contributed by atoms with van der Waals surface area (Å²) in [5.74, 6) is -0.913. The Hall–Kier alpha value is -0.730. The van der Waals surface area contributed by atoms with Gasteiger partial charge >= 0.3 is 5.97 Å². The van der Waals surface area contributed by atoms with Gasteiger partial charge in [-0.15, -0.1) is 11.6 Å². The quantitative estimate of drug-likeness (QED) is 0.812. The molecule has 0 aliphatic heterocycles. The molecule has 1 unspecified atom stereocenters. The lowest BCUT2D eigenvalue weighted by Crippen LogP contribution is -2.02. The molecule has 4 heteroatoms. The van der Waals surface area contributed by atoms with Gasteiger partial charge < -0.3 is 5.11 Å². The Morgan fingerprint density at radius 2 is 2.21 bits per heavy atom. The van der Waals surface area contributed by atoms with E-state index in [0.29, 0.717) is 5.02 Å². The average molecular weight is 233 g/mol. The Bertz CT molecular complexity index is 350. The summed E-state index contributed by atoms with van der Waals surface area (Å²) in [6.45, 7) is 1.88.